The van der Waals surface area contributed by atoms with Crippen LogP contribution in [0.5, 0.6) is 0 Å². The molecule has 0 bridgehead atoms. The zero-order valence-corrected chi connectivity index (χ0v) is 9.39. The highest BCUT2D eigenvalue weighted by Gasteiger charge is 2.29. The van der Waals surface area contributed by atoms with Crippen molar-refractivity contribution < 1.29 is 4.79 Å². The lowest BCUT2D eigenvalue weighted by Gasteiger charge is -2.23. The van der Waals surface area contributed by atoms with Gasteiger partial charge in [0.05, 0.1) is 11.7 Å². The molecule has 86 valence electrons. The molecule has 1 saturated heterocycles. The van der Waals surface area contributed by atoms with E-state index in [0.29, 0.717) is 6.42 Å². The number of nitrogen functional groups attached to an aromatic ring is 1. The van der Waals surface area contributed by atoms with Crippen LogP contribution in [0.25, 0.3) is 0 Å². The van der Waals surface area contributed by atoms with E-state index in [2.05, 4.69) is 9.97 Å². The Labute approximate surface area is 94.7 Å². The van der Waals surface area contributed by atoms with Crippen LogP contribution in [0.4, 0.5) is 5.95 Å². The van der Waals surface area contributed by atoms with Crippen molar-refractivity contribution in [3.63, 3.8) is 0 Å². The van der Waals surface area contributed by atoms with Gasteiger partial charge in [0.2, 0.25) is 11.9 Å². The molecule has 0 aliphatic carbocycles. The van der Waals surface area contributed by atoms with Crippen molar-refractivity contribution in [3.8, 4) is 0 Å². The zero-order valence-electron chi connectivity index (χ0n) is 9.39. The summed E-state index contributed by atoms with van der Waals surface area (Å²) >= 11 is 0. The third kappa shape index (κ3) is 1.98. The summed E-state index contributed by atoms with van der Waals surface area (Å²) in [6.07, 6.45) is 4.17. The van der Waals surface area contributed by atoms with Crippen molar-refractivity contribution in [3.05, 3.63) is 18.0 Å². The van der Waals surface area contributed by atoms with Gasteiger partial charge in [0.15, 0.2) is 0 Å². The van der Waals surface area contributed by atoms with E-state index in [1.54, 1.807) is 6.20 Å². The van der Waals surface area contributed by atoms with Gasteiger partial charge in [-0.05, 0) is 18.9 Å². The van der Waals surface area contributed by atoms with Crippen LogP contribution in [-0.2, 0) is 4.79 Å². The fourth-order valence-electron chi connectivity index (χ4n) is 2.15. The highest BCUT2D eigenvalue weighted by atomic mass is 16.2. The standard InChI is InChI=1S/C11H16N4O/c1-2-10(16)15-7-3-4-9(15)8-5-6-13-11(12)14-8/h5-6,9H,2-4,7H2,1H3,(H2,12,13,14). The number of nitrogens with zero attached hydrogens (tertiary/aromatic N) is 3. The highest BCUT2D eigenvalue weighted by molar-refractivity contribution is 5.76. The van der Waals surface area contributed by atoms with Crippen molar-refractivity contribution in [2.24, 2.45) is 0 Å². The lowest BCUT2D eigenvalue weighted by atomic mass is 10.1. The Morgan fingerprint density at radius 1 is 1.69 bits per heavy atom. The Kier molecular flexibility index (Phi) is 3.03. The van der Waals surface area contributed by atoms with E-state index in [1.807, 2.05) is 17.9 Å². The summed E-state index contributed by atoms with van der Waals surface area (Å²) < 4.78 is 0. The fourth-order valence-corrected chi connectivity index (χ4v) is 2.15. The average Bonchev–Trinajstić information content (AvgIpc) is 2.77. The lowest BCUT2D eigenvalue weighted by Crippen LogP contribution is -2.30. The Balaban J connectivity index is 2.23. The maximum Gasteiger partial charge on any atom is 0.222 e. The number of carbonyl (C=O) groups is 1. The number of hydrogen-bond donors (Lipinski definition) is 1. The van der Waals surface area contributed by atoms with Gasteiger partial charge < -0.3 is 10.6 Å². The third-order valence-electron chi connectivity index (χ3n) is 2.91. The molecular formula is C11H16N4O. The Morgan fingerprint density at radius 2 is 2.50 bits per heavy atom. The Hall–Kier alpha value is -1.65. The first-order chi connectivity index (χ1) is 7.72. The van der Waals surface area contributed by atoms with E-state index in [9.17, 15) is 4.79 Å². The number of nitrogens with two attached hydrogens (primary N) is 1. The van der Waals surface area contributed by atoms with Gasteiger partial charge >= 0.3 is 0 Å². The maximum absolute atomic E-state index is 11.7. The van der Waals surface area contributed by atoms with Crippen LogP contribution < -0.4 is 5.73 Å². The molecule has 1 aromatic heterocycles. The summed E-state index contributed by atoms with van der Waals surface area (Å²) in [5.41, 5.74) is 6.41. The molecule has 1 fully saturated rings. The van der Waals surface area contributed by atoms with Crippen molar-refractivity contribution in [1.82, 2.24) is 14.9 Å². The number of carbonyl (C=O) groups excluding carboxylic acids is 1. The fraction of sp³-hybridized carbons (Fsp3) is 0.545. The number of hydrogen-bond acceptors (Lipinski definition) is 4. The molecule has 1 atom stereocenters. The van der Waals surface area contributed by atoms with E-state index in [0.717, 1.165) is 25.1 Å². The minimum absolute atomic E-state index is 0.0812. The molecule has 2 N–H and O–H groups in total. The van der Waals surface area contributed by atoms with Gasteiger partial charge in [-0.25, -0.2) is 9.97 Å². The SMILES string of the molecule is CCC(=O)N1CCCC1c1ccnc(N)n1. The smallest absolute Gasteiger partial charge is 0.222 e. The second-order valence-electron chi connectivity index (χ2n) is 3.94. The van der Waals surface area contributed by atoms with Gasteiger partial charge in [0.1, 0.15) is 0 Å². The molecule has 0 aromatic carbocycles. The van der Waals surface area contributed by atoms with Crippen LogP contribution in [0.1, 0.15) is 37.9 Å². The van der Waals surface area contributed by atoms with Crippen LogP contribution in [0.2, 0.25) is 0 Å². The maximum atomic E-state index is 11.7. The van der Waals surface area contributed by atoms with Crippen molar-refractivity contribution in [1.29, 1.82) is 0 Å². The van der Waals surface area contributed by atoms with E-state index in [1.165, 1.54) is 0 Å². The first-order valence-corrected chi connectivity index (χ1v) is 5.60. The molecule has 0 spiro atoms. The van der Waals surface area contributed by atoms with Crippen LogP contribution in [0, 0.1) is 0 Å². The molecule has 0 radical (unpaired) electrons. The summed E-state index contributed by atoms with van der Waals surface area (Å²) in [4.78, 5) is 21.7. The summed E-state index contributed by atoms with van der Waals surface area (Å²) in [5.74, 6) is 0.452. The monoisotopic (exact) mass is 220 g/mol. The topological polar surface area (TPSA) is 72.1 Å². The van der Waals surface area contributed by atoms with Gasteiger partial charge in [-0.15, -0.1) is 0 Å². The molecule has 2 rings (SSSR count). The Morgan fingerprint density at radius 3 is 3.19 bits per heavy atom. The lowest BCUT2D eigenvalue weighted by molar-refractivity contribution is -0.131. The van der Waals surface area contributed by atoms with E-state index >= 15 is 0 Å². The van der Waals surface area contributed by atoms with Gasteiger partial charge in [0.25, 0.3) is 0 Å². The number of amides is 1. The predicted molar refractivity (Wildman–Crippen MR) is 60.4 cm³/mol. The number of rotatable bonds is 2. The van der Waals surface area contributed by atoms with Crippen molar-refractivity contribution >= 4 is 11.9 Å². The van der Waals surface area contributed by atoms with Gasteiger partial charge in [-0.2, -0.15) is 0 Å². The summed E-state index contributed by atoms with van der Waals surface area (Å²) in [6.45, 7) is 2.70. The van der Waals surface area contributed by atoms with Crippen LogP contribution >= 0.6 is 0 Å². The first-order valence-electron chi connectivity index (χ1n) is 5.60. The number of anilines is 1. The molecule has 2 heterocycles. The van der Waals surface area contributed by atoms with Crippen LogP contribution in [0.3, 0.4) is 0 Å². The first kappa shape index (κ1) is 10.9. The summed E-state index contributed by atoms with van der Waals surface area (Å²) in [6, 6.07) is 1.92. The third-order valence-corrected chi connectivity index (χ3v) is 2.91. The predicted octanol–water partition coefficient (Wildman–Crippen LogP) is 1.13. The number of aromatic nitrogens is 2. The van der Waals surface area contributed by atoms with Crippen molar-refractivity contribution in [2.45, 2.75) is 32.2 Å². The van der Waals surface area contributed by atoms with E-state index in [4.69, 9.17) is 5.73 Å². The van der Waals surface area contributed by atoms with Gasteiger partial charge in [-0.3, -0.25) is 4.79 Å². The molecule has 1 unspecified atom stereocenters. The molecule has 1 aliphatic heterocycles. The van der Waals surface area contributed by atoms with Crippen molar-refractivity contribution in [2.75, 3.05) is 12.3 Å². The van der Waals surface area contributed by atoms with E-state index < -0.39 is 0 Å². The highest BCUT2D eigenvalue weighted by Crippen LogP contribution is 2.31. The van der Waals surface area contributed by atoms with E-state index in [-0.39, 0.29) is 17.9 Å². The normalized spacial score (nSPS) is 20.1. The molecular weight excluding hydrogens is 204 g/mol. The minimum Gasteiger partial charge on any atom is -0.368 e. The molecule has 5 heteroatoms. The van der Waals surface area contributed by atoms with Crippen LogP contribution in [-0.4, -0.2) is 27.3 Å². The molecule has 1 aliphatic rings. The zero-order chi connectivity index (χ0) is 11.5. The summed E-state index contributed by atoms with van der Waals surface area (Å²) in [7, 11) is 0. The molecule has 5 nitrogen and oxygen atoms in total. The van der Waals surface area contributed by atoms with Gasteiger partial charge in [0, 0.05) is 19.2 Å². The average molecular weight is 220 g/mol. The minimum atomic E-state index is 0.0812. The number of likely N-dealkylation sites (tertiary alicyclic amines) is 1. The summed E-state index contributed by atoms with van der Waals surface area (Å²) in [5, 5.41) is 0. The van der Waals surface area contributed by atoms with Gasteiger partial charge in [-0.1, -0.05) is 6.92 Å². The molecule has 1 aromatic rings. The second kappa shape index (κ2) is 4.47. The largest absolute Gasteiger partial charge is 0.368 e. The quantitative estimate of drug-likeness (QED) is 0.811. The van der Waals surface area contributed by atoms with Crippen LogP contribution in [0.15, 0.2) is 12.3 Å². The Bertz CT molecular complexity index is 393. The second-order valence-corrected chi connectivity index (χ2v) is 3.94. The molecule has 0 saturated carbocycles. The molecule has 16 heavy (non-hydrogen) atoms. The molecule has 1 amide bonds.